The molecule has 150 valence electrons. The molecule has 0 aliphatic carbocycles. The van der Waals surface area contributed by atoms with Crippen molar-refractivity contribution < 1.29 is 23.1 Å². The van der Waals surface area contributed by atoms with Gasteiger partial charge in [-0.1, -0.05) is 42.0 Å². The smallest absolute Gasteiger partial charge is 0.416 e. The number of benzene rings is 2. The summed E-state index contributed by atoms with van der Waals surface area (Å²) in [5.41, 5.74) is 2.30. The number of halogens is 3. The van der Waals surface area contributed by atoms with Gasteiger partial charge in [0.2, 0.25) is 0 Å². The van der Waals surface area contributed by atoms with Gasteiger partial charge in [-0.2, -0.15) is 13.2 Å². The van der Waals surface area contributed by atoms with Crippen molar-refractivity contribution in [2.45, 2.75) is 20.0 Å². The van der Waals surface area contributed by atoms with E-state index < -0.39 is 11.7 Å². The Labute approximate surface area is 170 Å². The first-order chi connectivity index (χ1) is 13.7. The SMILES string of the molecule is CC(=NCC(=O)c1ccc(C)cc1)c1csc(-c2ccc(C(F)(F)F)cc2)c1O. The molecule has 2 aromatic carbocycles. The summed E-state index contributed by atoms with van der Waals surface area (Å²) in [6.07, 6.45) is -4.41. The molecule has 7 heteroatoms. The molecule has 0 radical (unpaired) electrons. The Hall–Kier alpha value is -2.93. The van der Waals surface area contributed by atoms with Gasteiger partial charge in [-0.05, 0) is 31.5 Å². The Balaban J connectivity index is 1.78. The van der Waals surface area contributed by atoms with E-state index in [1.54, 1.807) is 24.4 Å². The van der Waals surface area contributed by atoms with Crippen LogP contribution in [-0.4, -0.2) is 23.1 Å². The van der Waals surface area contributed by atoms with Gasteiger partial charge in [0, 0.05) is 22.2 Å². The number of hydrogen-bond acceptors (Lipinski definition) is 4. The number of aryl methyl sites for hydroxylation is 1. The summed E-state index contributed by atoms with van der Waals surface area (Å²) in [5.74, 6) is -0.194. The summed E-state index contributed by atoms with van der Waals surface area (Å²) < 4.78 is 38.1. The lowest BCUT2D eigenvalue weighted by molar-refractivity contribution is -0.137. The number of carbonyl (C=O) groups is 1. The highest BCUT2D eigenvalue weighted by Crippen LogP contribution is 2.40. The quantitative estimate of drug-likeness (QED) is 0.400. The molecule has 3 rings (SSSR count). The zero-order chi connectivity index (χ0) is 21.2. The Kier molecular flexibility index (Phi) is 5.88. The number of hydrogen-bond donors (Lipinski definition) is 1. The van der Waals surface area contributed by atoms with Crippen LogP contribution in [0.15, 0.2) is 58.9 Å². The summed E-state index contributed by atoms with van der Waals surface area (Å²) in [6.45, 7) is 3.56. The number of carbonyl (C=O) groups excluding carboxylic acids is 1. The normalized spacial score (nSPS) is 12.2. The lowest BCUT2D eigenvalue weighted by Crippen LogP contribution is -2.06. The first-order valence-electron chi connectivity index (χ1n) is 8.76. The van der Waals surface area contributed by atoms with E-state index in [4.69, 9.17) is 0 Å². The van der Waals surface area contributed by atoms with Crippen LogP contribution < -0.4 is 0 Å². The number of nitrogens with zero attached hydrogens (tertiary/aromatic N) is 1. The maximum Gasteiger partial charge on any atom is 0.416 e. The van der Waals surface area contributed by atoms with Gasteiger partial charge in [-0.3, -0.25) is 9.79 Å². The van der Waals surface area contributed by atoms with Crippen molar-refractivity contribution in [3.8, 4) is 16.2 Å². The zero-order valence-electron chi connectivity index (χ0n) is 15.7. The molecule has 0 fully saturated rings. The molecule has 0 bridgehead atoms. The first-order valence-corrected chi connectivity index (χ1v) is 9.64. The second-order valence-electron chi connectivity index (χ2n) is 6.59. The van der Waals surface area contributed by atoms with E-state index in [-0.39, 0.29) is 18.1 Å². The molecule has 0 unspecified atom stereocenters. The van der Waals surface area contributed by atoms with E-state index in [0.29, 0.717) is 27.3 Å². The third kappa shape index (κ3) is 4.74. The third-order valence-electron chi connectivity index (χ3n) is 4.46. The average Bonchev–Trinajstić information content (AvgIpc) is 3.07. The molecule has 0 amide bonds. The monoisotopic (exact) mass is 417 g/mol. The van der Waals surface area contributed by atoms with Crippen LogP contribution >= 0.6 is 11.3 Å². The van der Waals surface area contributed by atoms with Gasteiger partial charge in [0.15, 0.2) is 5.78 Å². The number of Topliss-reactive ketones (excluding diaryl/α,β-unsaturated/α-hetero) is 1. The van der Waals surface area contributed by atoms with Crippen LogP contribution in [0, 0.1) is 6.92 Å². The Morgan fingerprint density at radius 3 is 2.28 bits per heavy atom. The number of rotatable bonds is 5. The molecule has 0 spiro atoms. The van der Waals surface area contributed by atoms with Crippen molar-refractivity contribution >= 4 is 22.8 Å². The van der Waals surface area contributed by atoms with E-state index in [0.717, 1.165) is 17.7 Å². The minimum atomic E-state index is -4.41. The molecule has 0 aliphatic rings. The van der Waals surface area contributed by atoms with Crippen molar-refractivity contribution in [1.82, 2.24) is 0 Å². The highest BCUT2D eigenvalue weighted by atomic mass is 32.1. The number of aromatic hydroxyl groups is 1. The molecule has 3 aromatic rings. The second-order valence-corrected chi connectivity index (χ2v) is 7.47. The average molecular weight is 417 g/mol. The van der Waals surface area contributed by atoms with Crippen LogP contribution in [0.1, 0.15) is 34.0 Å². The minimum Gasteiger partial charge on any atom is -0.506 e. The number of aliphatic imine (C=N–C) groups is 1. The Bertz CT molecular complexity index is 1050. The minimum absolute atomic E-state index is 0.0558. The molecular weight excluding hydrogens is 399 g/mol. The maximum absolute atomic E-state index is 12.7. The summed E-state index contributed by atoms with van der Waals surface area (Å²) in [7, 11) is 0. The fraction of sp³-hybridized carbons (Fsp3) is 0.182. The highest BCUT2D eigenvalue weighted by molar-refractivity contribution is 7.14. The molecule has 29 heavy (non-hydrogen) atoms. The van der Waals surface area contributed by atoms with Crippen molar-refractivity contribution in [2.75, 3.05) is 6.54 Å². The van der Waals surface area contributed by atoms with E-state index >= 15 is 0 Å². The van der Waals surface area contributed by atoms with Gasteiger partial charge in [0.25, 0.3) is 0 Å². The van der Waals surface area contributed by atoms with Gasteiger partial charge in [0.1, 0.15) is 12.3 Å². The number of ketones is 1. The van der Waals surface area contributed by atoms with Gasteiger partial charge in [0.05, 0.1) is 10.4 Å². The van der Waals surface area contributed by atoms with Crippen LogP contribution in [0.4, 0.5) is 13.2 Å². The van der Waals surface area contributed by atoms with Crippen molar-refractivity contribution in [1.29, 1.82) is 0 Å². The molecular formula is C22H18F3NO2S. The van der Waals surface area contributed by atoms with Crippen LogP contribution in [0.5, 0.6) is 5.75 Å². The van der Waals surface area contributed by atoms with Gasteiger partial charge >= 0.3 is 6.18 Å². The van der Waals surface area contributed by atoms with E-state index in [2.05, 4.69) is 4.99 Å². The Morgan fingerprint density at radius 2 is 1.69 bits per heavy atom. The molecule has 1 aromatic heterocycles. The third-order valence-corrected chi connectivity index (χ3v) is 5.48. The lowest BCUT2D eigenvalue weighted by atomic mass is 10.1. The summed E-state index contributed by atoms with van der Waals surface area (Å²) in [4.78, 5) is 17.0. The van der Waals surface area contributed by atoms with Gasteiger partial charge in [-0.25, -0.2) is 0 Å². The second kappa shape index (κ2) is 8.21. The number of alkyl halides is 3. The largest absolute Gasteiger partial charge is 0.506 e. The fourth-order valence-electron chi connectivity index (χ4n) is 2.73. The highest BCUT2D eigenvalue weighted by Gasteiger charge is 2.30. The molecule has 1 N–H and O–H groups in total. The molecule has 0 aliphatic heterocycles. The molecule has 0 atom stereocenters. The summed E-state index contributed by atoms with van der Waals surface area (Å²) in [6, 6.07) is 11.8. The number of thiophene rings is 1. The standard InChI is InChI=1S/C22H18F3NO2S/c1-13-3-5-15(6-4-13)19(27)11-26-14(2)18-12-29-21(20(18)28)16-7-9-17(10-8-16)22(23,24)25/h3-10,12,28H,11H2,1-2H3. The van der Waals surface area contributed by atoms with Crippen molar-refractivity contribution in [2.24, 2.45) is 4.99 Å². The zero-order valence-corrected chi connectivity index (χ0v) is 16.6. The van der Waals surface area contributed by atoms with Crippen LogP contribution in [0.3, 0.4) is 0 Å². The molecule has 1 heterocycles. The summed E-state index contributed by atoms with van der Waals surface area (Å²) in [5, 5.41) is 12.2. The van der Waals surface area contributed by atoms with E-state index in [1.165, 1.54) is 23.5 Å². The summed E-state index contributed by atoms with van der Waals surface area (Å²) >= 11 is 1.21. The van der Waals surface area contributed by atoms with Crippen LogP contribution in [0.2, 0.25) is 0 Å². The van der Waals surface area contributed by atoms with Gasteiger partial charge < -0.3 is 5.11 Å². The molecule has 0 saturated heterocycles. The fourth-order valence-corrected chi connectivity index (χ4v) is 3.74. The van der Waals surface area contributed by atoms with Crippen molar-refractivity contribution in [3.63, 3.8) is 0 Å². The first kappa shape index (κ1) is 20.8. The topological polar surface area (TPSA) is 49.7 Å². The van der Waals surface area contributed by atoms with Crippen molar-refractivity contribution in [3.05, 3.63) is 76.2 Å². The van der Waals surface area contributed by atoms with Gasteiger partial charge in [-0.15, -0.1) is 11.3 Å². The molecule has 0 saturated carbocycles. The molecule has 3 nitrogen and oxygen atoms in total. The Morgan fingerprint density at radius 1 is 1.07 bits per heavy atom. The van der Waals surface area contributed by atoms with Crippen LogP contribution in [-0.2, 0) is 6.18 Å². The maximum atomic E-state index is 12.7. The van der Waals surface area contributed by atoms with Crippen LogP contribution in [0.25, 0.3) is 10.4 Å². The van der Waals surface area contributed by atoms with E-state index in [9.17, 15) is 23.1 Å². The lowest BCUT2D eigenvalue weighted by Gasteiger charge is -2.07. The predicted molar refractivity (Wildman–Crippen MR) is 109 cm³/mol. The predicted octanol–water partition coefficient (Wildman–Crippen LogP) is 6.14. The van der Waals surface area contributed by atoms with E-state index in [1.807, 2.05) is 19.1 Å².